The Kier molecular flexibility index (Phi) is 3.42. The second-order valence-electron chi connectivity index (χ2n) is 4.72. The molecule has 0 saturated heterocycles. The van der Waals surface area contributed by atoms with E-state index in [-0.39, 0.29) is 17.8 Å². The van der Waals surface area contributed by atoms with Crippen molar-refractivity contribution >= 4 is 27.4 Å². The van der Waals surface area contributed by atoms with E-state index < -0.39 is 0 Å². The van der Waals surface area contributed by atoms with Crippen molar-refractivity contribution in [1.82, 2.24) is 14.9 Å². The quantitative estimate of drug-likeness (QED) is 0.572. The molecule has 106 valence electrons. The highest BCUT2D eigenvalue weighted by atomic mass is 79.9. The molecule has 0 unspecified atom stereocenters. The van der Waals surface area contributed by atoms with Crippen LogP contribution in [0.15, 0.2) is 45.9 Å². The molecule has 21 heavy (non-hydrogen) atoms. The Labute approximate surface area is 128 Å². The van der Waals surface area contributed by atoms with E-state index in [2.05, 4.69) is 26.1 Å². The summed E-state index contributed by atoms with van der Waals surface area (Å²) in [5.74, 6) is -0.104. The van der Waals surface area contributed by atoms with Crippen LogP contribution in [0.3, 0.4) is 0 Å². The smallest absolute Gasteiger partial charge is 0.290 e. The standard InChI is InChI=1S/C14H11BrN4O2/c1-9-6-12(20)14-18(16-8-19(14)17-9)7-13(21)10-2-4-11(15)5-3-10/h2-6,8H,7H2,1H3/p+1. The number of nitrogens with zero attached hydrogens (tertiary/aromatic N) is 3. The highest BCUT2D eigenvalue weighted by Gasteiger charge is 2.19. The van der Waals surface area contributed by atoms with Gasteiger partial charge in [-0.15, -0.1) is 4.52 Å². The normalized spacial score (nSPS) is 11.0. The number of aromatic amines is 1. The molecule has 0 aliphatic heterocycles. The number of aryl methyl sites for hydroxylation is 1. The number of benzene rings is 1. The fraction of sp³-hybridized carbons (Fsp3) is 0.143. The predicted octanol–water partition coefficient (Wildman–Crippen LogP) is 1.26. The molecular formula is C14H12BrN4O2+. The van der Waals surface area contributed by atoms with Crippen molar-refractivity contribution in [2.45, 2.75) is 13.5 Å². The minimum absolute atomic E-state index is 0.0181. The van der Waals surface area contributed by atoms with Crippen LogP contribution < -0.4 is 9.94 Å². The SMILES string of the molecule is Cc1cc(=O)c2n(CC(=O)c3ccc(Br)cc3)nc[n+]2[nH]1. The monoisotopic (exact) mass is 347 g/mol. The lowest BCUT2D eigenvalue weighted by Crippen LogP contribution is -2.32. The zero-order valence-corrected chi connectivity index (χ0v) is 12.8. The molecule has 6 nitrogen and oxygen atoms in total. The van der Waals surface area contributed by atoms with Crippen molar-refractivity contribution in [3.05, 3.63) is 62.6 Å². The molecule has 0 saturated carbocycles. The van der Waals surface area contributed by atoms with E-state index in [4.69, 9.17) is 0 Å². The number of rotatable bonds is 3. The second kappa shape index (κ2) is 5.25. The van der Waals surface area contributed by atoms with Crippen molar-refractivity contribution < 1.29 is 9.31 Å². The summed E-state index contributed by atoms with van der Waals surface area (Å²) in [6.45, 7) is 1.81. The number of hydrogen-bond acceptors (Lipinski definition) is 3. The van der Waals surface area contributed by atoms with Crippen LogP contribution in [0, 0.1) is 6.92 Å². The zero-order chi connectivity index (χ0) is 15.0. The maximum Gasteiger partial charge on any atom is 0.331 e. The summed E-state index contributed by atoms with van der Waals surface area (Å²) in [4.78, 5) is 24.3. The van der Waals surface area contributed by atoms with Crippen LogP contribution in [0.2, 0.25) is 0 Å². The lowest BCUT2D eigenvalue weighted by molar-refractivity contribution is -0.582. The zero-order valence-electron chi connectivity index (χ0n) is 11.2. The van der Waals surface area contributed by atoms with Gasteiger partial charge < -0.3 is 0 Å². The largest absolute Gasteiger partial charge is 0.331 e. The molecule has 7 heteroatoms. The van der Waals surface area contributed by atoms with Crippen molar-refractivity contribution in [2.24, 2.45) is 0 Å². The first-order chi connectivity index (χ1) is 10.0. The van der Waals surface area contributed by atoms with E-state index in [1.165, 1.54) is 21.6 Å². The second-order valence-corrected chi connectivity index (χ2v) is 5.63. The maximum atomic E-state index is 12.2. The van der Waals surface area contributed by atoms with Crippen LogP contribution >= 0.6 is 15.9 Å². The number of nitrogens with one attached hydrogen (secondary N) is 1. The highest BCUT2D eigenvalue weighted by molar-refractivity contribution is 9.10. The highest BCUT2D eigenvalue weighted by Crippen LogP contribution is 2.11. The Bertz CT molecular complexity index is 880. The Balaban J connectivity index is 1.97. The Morgan fingerprint density at radius 1 is 1.38 bits per heavy atom. The van der Waals surface area contributed by atoms with Gasteiger partial charge in [-0.3, -0.25) is 9.59 Å². The Morgan fingerprint density at radius 3 is 2.81 bits per heavy atom. The fourth-order valence-electron chi connectivity index (χ4n) is 2.14. The van der Waals surface area contributed by atoms with Gasteiger partial charge in [0, 0.05) is 26.9 Å². The molecule has 0 aliphatic carbocycles. The van der Waals surface area contributed by atoms with E-state index in [0.717, 1.165) is 10.2 Å². The molecule has 0 atom stereocenters. The average molecular weight is 348 g/mol. The number of aromatic nitrogens is 4. The third-order valence-electron chi connectivity index (χ3n) is 3.10. The van der Waals surface area contributed by atoms with Gasteiger partial charge in [0.1, 0.15) is 0 Å². The van der Waals surface area contributed by atoms with Gasteiger partial charge in [-0.1, -0.05) is 32.7 Å². The summed E-state index contributed by atoms with van der Waals surface area (Å²) >= 11 is 3.33. The molecule has 3 rings (SSSR count). The third-order valence-corrected chi connectivity index (χ3v) is 3.63. The minimum atomic E-state index is -0.174. The van der Waals surface area contributed by atoms with Gasteiger partial charge in [0.15, 0.2) is 12.3 Å². The fourth-order valence-corrected chi connectivity index (χ4v) is 2.40. The Morgan fingerprint density at radius 2 is 2.10 bits per heavy atom. The van der Waals surface area contributed by atoms with E-state index in [1.807, 2.05) is 0 Å². The van der Waals surface area contributed by atoms with Crippen LogP contribution in [-0.2, 0) is 6.54 Å². The molecule has 3 aromatic rings. The van der Waals surface area contributed by atoms with E-state index >= 15 is 0 Å². The van der Waals surface area contributed by atoms with Crippen molar-refractivity contribution in [1.29, 1.82) is 0 Å². The minimum Gasteiger partial charge on any atom is -0.290 e. The molecule has 0 aliphatic rings. The topological polar surface area (TPSA) is 71.8 Å². The van der Waals surface area contributed by atoms with Crippen LogP contribution in [0.4, 0.5) is 0 Å². The van der Waals surface area contributed by atoms with Crippen molar-refractivity contribution in [3.63, 3.8) is 0 Å². The van der Waals surface area contributed by atoms with Gasteiger partial charge in [0.2, 0.25) is 0 Å². The Hall–Kier alpha value is -2.28. The molecular weight excluding hydrogens is 336 g/mol. The number of hydrogen-bond donors (Lipinski definition) is 1. The summed E-state index contributed by atoms with van der Waals surface area (Å²) in [5, 5.41) is 7.09. The van der Waals surface area contributed by atoms with E-state index in [1.54, 1.807) is 31.2 Å². The molecule has 0 fully saturated rings. The summed E-state index contributed by atoms with van der Waals surface area (Å²) in [6.07, 6.45) is 1.48. The molecule has 0 bridgehead atoms. The molecule has 1 N–H and O–H groups in total. The molecule has 0 amide bonds. The summed E-state index contributed by atoms with van der Waals surface area (Å²) < 4.78 is 3.83. The van der Waals surface area contributed by atoms with Gasteiger partial charge in [0.25, 0.3) is 11.8 Å². The van der Waals surface area contributed by atoms with Gasteiger partial charge in [-0.05, 0) is 19.1 Å². The van der Waals surface area contributed by atoms with Gasteiger partial charge in [0.05, 0.1) is 0 Å². The van der Waals surface area contributed by atoms with Gasteiger partial charge >= 0.3 is 5.65 Å². The van der Waals surface area contributed by atoms with Gasteiger partial charge in [-0.25, -0.2) is 5.10 Å². The summed E-state index contributed by atoms with van der Waals surface area (Å²) in [5.41, 5.74) is 1.48. The molecule has 0 radical (unpaired) electrons. The summed E-state index contributed by atoms with van der Waals surface area (Å²) in [7, 11) is 0. The van der Waals surface area contributed by atoms with Crippen LogP contribution in [0.5, 0.6) is 0 Å². The third kappa shape index (κ3) is 2.64. The molecule has 1 aromatic carbocycles. The van der Waals surface area contributed by atoms with E-state index in [0.29, 0.717) is 11.2 Å². The first-order valence-electron chi connectivity index (χ1n) is 6.30. The van der Waals surface area contributed by atoms with Crippen molar-refractivity contribution in [2.75, 3.05) is 0 Å². The number of carbonyl (C=O) groups is 1. The lowest BCUT2D eigenvalue weighted by Gasteiger charge is -1.98. The average Bonchev–Trinajstić information content (AvgIpc) is 2.82. The number of H-pyrrole nitrogens is 1. The molecule has 2 aromatic heterocycles. The van der Waals surface area contributed by atoms with Gasteiger partial charge in [-0.2, -0.15) is 0 Å². The van der Waals surface area contributed by atoms with Crippen molar-refractivity contribution in [3.8, 4) is 0 Å². The molecule has 2 heterocycles. The first kappa shape index (κ1) is 13.7. The molecule has 0 spiro atoms. The van der Waals surface area contributed by atoms with Crippen LogP contribution in [0.25, 0.3) is 5.65 Å². The maximum absolute atomic E-state index is 12.2. The lowest BCUT2D eigenvalue weighted by atomic mass is 10.1. The number of halogens is 1. The summed E-state index contributed by atoms with van der Waals surface area (Å²) in [6, 6.07) is 8.57. The predicted molar refractivity (Wildman–Crippen MR) is 79.2 cm³/mol. The number of fused-ring (bicyclic) bond motifs is 1. The number of carbonyl (C=O) groups excluding carboxylic acids is 1. The first-order valence-corrected chi connectivity index (χ1v) is 7.10. The van der Waals surface area contributed by atoms with Crippen LogP contribution in [0.1, 0.15) is 16.1 Å². The van der Waals surface area contributed by atoms with E-state index in [9.17, 15) is 9.59 Å². The number of Topliss-reactive ketones (excluding diaryl/α,β-unsaturated/α-hetero) is 1. The number of ketones is 1. The van der Waals surface area contributed by atoms with Crippen LogP contribution in [-0.4, -0.2) is 20.7 Å².